The molecule has 1 aromatic rings. The third kappa shape index (κ3) is 2.99. The number of rotatable bonds is 2. The first kappa shape index (κ1) is 13.5. The summed E-state index contributed by atoms with van der Waals surface area (Å²) in [6, 6.07) is 1.59. The fourth-order valence-electron chi connectivity index (χ4n) is 2.54. The molecule has 1 saturated heterocycles. The highest BCUT2D eigenvalue weighted by molar-refractivity contribution is 5.86. The van der Waals surface area contributed by atoms with Gasteiger partial charge in [0.15, 0.2) is 5.82 Å². The molecule has 2 aliphatic rings. The number of aromatic nitrogens is 1. The van der Waals surface area contributed by atoms with E-state index in [1.54, 1.807) is 24.2 Å². The zero-order valence-corrected chi connectivity index (χ0v) is 11.7. The molecule has 3 rings (SSSR count). The summed E-state index contributed by atoms with van der Waals surface area (Å²) in [5.41, 5.74) is 0.853. The summed E-state index contributed by atoms with van der Waals surface area (Å²) in [6.45, 7) is 2.80. The molecule has 4 N–H and O–H groups in total. The van der Waals surface area contributed by atoms with Crippen LogP contribution in [0, 0.1) is 0 Å². The minimum atomic E-state index is -0.349. The number of aliphatic imine (C=N–C) groups is 1. The highest BCUT2D eigenvalue weighted by Gasteiger charge is 2.26. The summed E-state index contributed by atoms with van der Waals surface area (Å²) in [4.78, 5) is 32.1. The average Bonchev–Trinajstić information content (AvgIpc) is 3.06. The first-order valence-corrected chi connectivity index (χ1v) is 6.92. The van der Waals surface area contributed by atoms with Gasteiger partial charge >= 0.3 is 6.03 Å². The van der Waals surface area contributed by atoms with E-state index in [0.717, 1.165) is 17.9 Å². The van der Waals surface area contributed by atoms with Crippen molar-refractivity contribution < 1.29 is 9.59 Å². The Balaban J connectivity index is 1.48. The molecule has 0 radical (unpaired) electrons. The van der Waals surface area contributed by atoms with Crippen LogP contribution < -0.4 is 16.0 Å². The average molecular weight is 290 g/mol. The predicted octanol–water partition coefficient (Wildman–Crippen LogP) is 0.389. The normalized spacial score (nSPS) is 23.4. The molecule has 2 atom stereocenters. The van der Waals surface area contributed by atoms with Crippen molar-refractivity contribution in [3.8, 4) is 0 Å². The summed E-state index contributed by atoms with van der Waals surface area (Å²) >= 11 is 0. The summed E-state index contributed by atoms with van der Waals surface area (Å²) in [5.74, 6) is 0.794. The molecular weight excluding hydrogens is 272 g/mol. The van der Waals surface area contributed by atoms with Crippen LogP contribution in [0.5, 0.6) is 0 Å². The van der Waals surface area contributed by atoms with Crippen LogP contribution in [-0.2, 0) is 4.79 Å². The molecule has 0 aromatic carbocycles. The van der Waals surface area contributed by atoms with Crippen LogP contribution in [0.25, 0.3) is 0 Å². The van der Waals surface area contributed by atoms with Gasteiger partial charge in [0, 0.05) is 38.5 Å². The van der Waals surface area contributed by atoms with Crippen molar-refractivity contribution in [3.05, 3.63) is 12.3 Å². The number of hydrogen-bond donors (Lipinski definition) is 4. The number of carbonyl (C=O) groups excluding carboxylic acids is 2. The molecule has 2 aliphatic heterocycles. The molecule has 1 fully saturated rings. The number of nitrogens with zero attached hydrogens (tertiary/aromatic N) is 2. The Morgan fingerprint density at radius 3 is 3.05 bits per heavy atom. The minimum Gasteiger partial charge on any atom is -0.358 e. The fraction of sp³-hybridized carbons (Fsp3) is 0.462. The van der Waals surface area contributed by atoms with Crippen molar-refractivity contribution in [1.29, 1.82) is 0 Å². The maximum Gasteiger partial charge on any atom is 0.316 e. The molecule has 3 heterocycles. The number of nitrogens with one attached hydrogen (secondary N) is 4. The van der Waals surface area contributed by atoms with Crippen molar-refractivity contribution >= 4 is 29.7 Å². The van der Waals surface area contributed by atoms with Crippen LogP contribution in [0.2, 0.25) is 0 Å². The Bertz CT molecular complexity index is 581. The van der Waals surface area contributed by atoms with E-state index in [4.69, 9.17) is 0 Å². The van der Waals surface area contributed by atoms with Crippen LogP contribution in [0.3, 0.4) is 0 Å². The van der Waals surface area contributed by atoms with Gasteiger partial charge in [0.25, 0.3) is 0 Å². The van der Waals surface area contributed by atoms with Crippen molar-refractivity contribution in [1.82, 2.24) is 20.5 Å². The van der Waals surface area contributed by atoms with E-state index in [0.29, 0.717) is 13.1 Å². The SMILES string of the molecule is CC(=O)N1CCC(NC(=O)NC2C=Nc3[nH]ccc3N2)C1. The molecule has 112 valence electrons. The topological polar surface area (TPSA) is 102 Å². The number of amides is 3. The second-order valence-electron chi connectivity index (χ2n) is 5.21. The van der Waals surface area contributed by atoms with E-state index in [-0.39, 0.29) is 24.1 Å². The maximum atomic E-state index is 12.0. The number of hydrogen-bond acceptors (Lipinski definition) is 4. The zero-order chi connectivity index (χ0) is 14.8. The standard InChI is InChI=1S/C13H18N6O2/c1-8(20)19-5-3-9(7-19)16-13(21)18-11-6-15-12-10(17-11)2-4-14-12/h2,4,6,9,11,14,17H,3,5,7H2,1H3,(H2,16,18,21). The quantitative estimate of drug-likeness (QED) is 0.633. The van der Waals surface area contributed by atoms with Crippen molar-refractivity contribution in [2.24, 2.45) is 4.99 Å². The molecular formula is C13H18N6O2. The fourth-order valence-corrected chi connectivity index (χ4v) is 2.54. The molecule has 0 spiro atoms. The lowest BCUT2D eigenvalue weighted by Crippen LogP contribution is -2.50. The van der Waals surface area contributed by atoms with Gasteiger partial charge in [-0.1, -0.05) is 0 Å². The number of anilines is 1. The van der Waals surface area contributed by atoms with Gasteiger partial charge in [0.1, 0.15) is 6.17 Å². The molecule has 8 heteroatoms. The number of likely N-dealkylation sites (tertiary alicyclic amines) is 1. The monoisotopic (exact) mass is 290 g/mol. The number of carbonyl (C=O) groups is 2. The maximum absolute atomic E-state index is 12.0. The van der Waals surface area contributed by atoms with Crippen LogP contribution in [0.15, 0.2) is 17.3 Å². The number of H-pyrrole nitrogens is 1. The Morgan fingerprint density at radius 2 is 2.29 bits per heavy atom. The molecule has 1 aromatic heterocycles. The summed E-state index contributed by atoms with van der Waals surface area (Å²) in [5, 5.41) is 8.81. The number of aromatic amines is 1. The van der Waals surface area contributed by atoms with Gasteiger partial charge < -0.3 is 25.8 Å². The van der Waals surface area contributed by atoms with E-state index < -0.39 is 0 Å². The molecule has 2 unspecified atom stereocenters. The molecule has 8 nitrogen and oxygen atoms in total. The van der Waals surface area contributed by atoms with Crippen molar-refractivity contribution in [2.45, 2.75) is 25.6 Å². The van der Waals surface area contributed by atoms with E-state index in [1.165, 1.54) is 0 Å². The molecule has 0 saturated carbocycles. The van der Waals surface area contributed by atoms with Gasteiger partial charge in [-0.15, -0.1) is 0 Å². The Labute approximate surface area is 122 Å². The van der Waals surface area contributed by atoms with Gasteiger partial charge in [0.2, 0.25) is 5.91 Å². The summed E-state index contributed by atoms with van der Waals surface area (Å²) < 4.78 is 0. The lowest BCUT2D eigenvalue weighted by atomic mass is 10.3. The largest absolute Gasteiger partial charge is 0.358 e. The highest BCUT2D eigenvalue weighted by Crippen LogP contribution is 2.25. The van der Waals surface area contributed by atoms with Gasteiger partial charge in [-0.3, -0.25) is 4.79 Å². The van der Waals surface area contributed by atoms with E-state index in [2.05, 4.69) is 25.9 Å². The highest BCUT2D eigenvalue weighted by atomic mass is 16.2. The van der Waals surface area contributed by atoms with Crippen molar-refractivity contribution in [3.63, 3.8) is 0 Å². The zero-order valence-electron chi connectivity index (χ0n) is 11.7. The Morgan fingerprint density at radius 1 is 1.43 bits per heavy atom. The van der Waals surface area contributed by atoms with Gasteiger partial charge in [-0.05, 0) is 12.5 Å². The molecule has 3 amide bonds. The van der Waals surface area contributed by atoms with E-state index in [9.17, 15) is 9.59 Å². The lowest BCUT2D eigenvalue weighted by Gasteiger charge is -2.22. The van der Waals surface area contributed by atoms with Crippen LogP contribution in [0.1, 0.15) is 13.3 Å². The van der Waals surface area contributed by atoms with Crippen LogP contribution >= 0.6 is 0 Å². The third-order valence-electron chi connectivity index (χ3n) is 3.64. The second kappa shape index (κ2) is 5.47. The van der Waals surface area contributed by atoms with Crippen molar-refractivity contribution in [2.75, 3.05) is 18.4 Å². The summed E-state index contributed by atoms with van der Waals surface area (Å²) in [7, 11) is 0. The lowest BCUT2D eigenvalue weighted by molar-refractivity contribution is -0.127. The van der Waals surface area contributed by atoms with Gasteiger partial charge in [-0.25, -0.2) is 9.79 Å². The summed E-state index contributed by atoms with van der Waals surface area (Å²) in [6.07, 6.45) is 3.85. The Hall–Kier alpha value is -2.51. The molecule has 21 heavy (non-hydrogen) atoms. The van der Waals surface area contributed by atoms with Gasteiger partial charge in [0.05, 0.1) is 5.69 Å². The smallest absolute Gasteiger partial charge is 0.316 e. The molecule has 0 aliphatic carbocycles. The number of fused-ring (bicyclic) bond motifs is 1. The predicted molar refractivity (Wildman–Crippen MR) is 78.7 cm³/mol. The van der Waals surface area contributed by atoms with Gasteiger partial charge in [-0.2, -0.15) is 0 Å². The molecule has 0 bridgehead atoms. The van der Waals surface area contributed by atoms with E-state index in [1.807, 2.05) is 6.07 Å². The van der Waals surface area contributed by atoms with Crippen LogP contribution in [-0.4, -0.2) is 53.3 Å². The Kier molecular flexibility index (Phi) is 3.51. The first-order valence-electron chi connectivity index (χ1n) is 6.92. The minimum absolute atomic E-state index is 0.00255. The van der Waals surface area contributed by atoms with E-state index >= 15 is 0 Å². The third-order valence-corrected chi connectivity index (χ3v) is 3.64. The van der Waals surface area contributed by atoms with Crippen LogP contribution in [0.4, 0.5) is 16.3 Å². The number of urea groups is 1. The second-order valence-corrected chi connectivity index (χ2v) is 5.21. The first-order chi connectivity index (χ1) is 10.1.